The fraction of sp³-hybridized carbons (Fsp3) is 0.450. The molecule has 2 nitrogen and oxygen atoms in total. The number of allylic oxidation sites excluding steroid dienone is 2. The summed E-state index contributed by atoms with van der Waals surface area (Å²) in [6.45, 7) is 2.15. The Kier molecular flexibility index (Phi) is 5.36. The molecule has 0 saturated carbocycles. The van der Waals surface area contributed by atoms with E-state index in [2.05, 4.69) is 23.6 Å². The van der Waals surface area contributed by atoms with Gasteiger partial charge in [0.15, 0.2) is 5.78 Å². The van der Waals surface area contributed by atoms with Gasteiger partial charge in [-0.25, -0.2) is 0 Å². The molecular weight excluding hydrogens is 341 g/mol. The zero-order valence-electron chi connectivity index (χ0n) is 14.2. The summed E-state index contributed by atoms with van der Waals surface area (Å²) in [4.78, 5) is 13.2. The lowest BCUT2D eigenvalue weighted by molar-refractivity contribution is 0.0946. The van der Waals surface area contributed by atoms with Crippen LogP contribution in [0.2, 0.25) is 0 Å². The molecule has 1 atom stereocenters. The Balaban J connectivity index is 2.20. The first-order chi connectivity index (χ1) is 11.6. The van der Waals surface area contributed by atoms with Crippen molar-refractivity contribution in [2.45, 2.75) is 32.6 Å². The quantitative estimate of drug-likeness (QED) is 0.594. The molecule has 0 radical (unpaired) electrons. The van der Waals surface area contributed by atoms with Gasteiger partial charge in [-0.1, -0.05) is 23.8 Å². The van der Waals surface area contributed by atoms with E-state index < -0.39 is 0 Å². The molecule has 1 aromatic heterocycles. The van der Waals surface area contributed by atoms with E-state index in [0.29, 0.717) is 11.8 Å². The van der Waals surface area contributed by atoms with E-state index in [0.717, 1.165) is 42.5 Å². The Bertz CT molecular complexity index is 803. The van der Waals surface area contributed by atoms with Crippen LogP contribution in [0.25, 0.3) is 16.5 Å². The van der Waals surface area contributed by atoms with Crippen molar-refractivity contribution in [3.05, 3.63) is 41.1 Å². The van der Waals surface area contributed by atoms with Gasteiger partial charge in [0.05, 0.1) is 5.69 Å². The minimum absolute atomic E-state index is 0.0557. The van der Waals surface area contributed by atoms with Crippen molar-refractivity contribution < 1.29 is 4.79 Å². The van der Waals surface area contributed by atoms with E-state index in [1.807, 2.05) is 19.2 Å². The Morgan fingerprint density at radius 3 is 2.58 bits per heavy atom. The van der Waals surface area contributed by atoms with Crippen molar-refractivity contribution in [3.63, 3.8) is 0 Å². The highest BCUT2D eigenvalue weighted by molar-refractivity contribution is 6.20. The number of carbonyl (C=O) groups excluding carboxylic acids is 1. The first-order valence-electron chi connectivity index (χ1n) is 8.55. The SMILES string of the molecule is C/C(CCCCl)=C1\c2c(n(C)c3ccccc23)C(=O)C1CCCCl. The Labute approximate surface area is 153 Å². The molecule has 24 heavy (non-hydrogen) atoms. The van der Waals surface area contributed by atoms with Gasteiger partial charge < -0.3 is 4.57 Å². The molecule has 0 bridgehead atoms. The largest absolute Gasteiger partial charge is 0.341 e. The van der Waals surface area contributed by atoms with E-state index in [-0.39, 0.29) is 11.7 Å². The van der Waals surface area contributed by atoms with Gasteiger partial charge in [-0.05, 0) is 44.2 Å². The van der Waals surface area contributed by atoms with Gasteiger partial charge in [-0.15, -0.1) is 23.2 Å². The summed E-state index contributed by atoms with van der Waals surface area (Å²) in [6.07, 6.45) is 3.55. The van der Waals surface area contributed by atoms with E-state index >= 15 is 0 Å². The number of alkyl halides is 2. The molecule has 4 heteroatoms. The zero-order valence-corrected chi connectivity index (χ0v) is 15.8. The molecule has 1 aliphatic carbocycles. The fourth-order valence-electron chi connectivity index (χ4n) is 3.96. The second kappa shape index (κ2) is 7.33. The highest BCUT2D eigenvalue weighted by Gasteiger charge is 2.39. The van der Waals surface area contributed by atoms with Crippen LogP contribution in [0.3, 0.4) is 0 Å². The number of hydrogen-bond acceptors (Lipinski definition) is 1. The summed E-state index contributed by atoms with van der Waals surface area (Å²) in [5, 5.41) is 1.18. The number of ketones is 1. The third-order valence-corrected chi connectivity index (χ3v) is 5.58. The Morgan fingerprint density at radius 2 is 1.88 bits per heavy atom. The molecule has 1 aliphatic rings. The maximum Gasteiger partial charge on any atom is 0.187 e. The molecule has 2 aromatic rings. The highest BCUT2D eigenvalue weighted by atomic mass is 35.5. The topological polar surface area (TPSA) is 22.0 Å². The summed E-state index contributed by atoms with van der Waals surface area (Å²) in [5.41, 5.74) is 5.63. The number of benzene rings is 1. The van der Waals surface area contributed by atoms with Crippen molar-refractivity contribution in [2.24, 2.45) is 13.0 Å². The van der Waals surface area contributed by atoms with Crippen molar-refractivity contribution in [1.29, 1.82) is 0 Å². The minimum Gasteiger partial charge on any atom is -0.341 e. The molecule has 1 unspecified atom stereocenters. The average Bonchev–Trinajstić information content (AvgIpc) is 3.05. The van der Waals surface area contributed by atoms with Gasteiger partial charge in [-0.3, -0.25) is 4.79 Å². The first kappa shape index (κ1) is 17.6. The number of nitrogens with zero attached hydrogens (tertiary/aromatic N) is 1. The lowest BCUT2D eigenvalue weighted by atomic mass is 9.88. The predicted octanol–water partition coefficient (Wildman–Crippen LogP) is 5.80. The molecule has 128 valence electrons. The molecule has 0 N–H and O–H groups in total. The molecule has 0 saturated heterocycles. The summed E-state index contributed by atoms with van der Waals surface area (Å²) in [6, 6.07) is 8.28. The predicted molar refractivity (Wildman–Crippen MR) is 103 cm³/mol. The van der Waals surface area contributed by atoms with Crippen LogP contribution in [0.5, 0.6) is 0 Å². The Hall–Kier alpha value is -1.25. The van der Waals surface area contributed by atoms with Gasteiger partial charge in [-0.2, -0.15) is 0 Å². The third kappa shape index (κ3) is 2.80. The number of rotatable bonds is 6. The van der Waals surface area contributed by atoms with Gasteiger partial charge in [0, 0.05) is 41.2 Å². The summed E-state index contributed by atoms with van der Waals surface area (Å²) in [5.74, 6) is 1.43. The number of aryl methyl sites for hydroxylation is 1. The molecule has 0 aliphatic heterocycles. The number of aromatic nitrogens is 1. The maximum atomic E-state index is 13.2. The number of hydrogen-bond donors (Lipinski definition) is 0. The van der Waals surface area contributed by atoms with Crippen molar-refractivity contribution in [1.82, 2.24) is 4.57 Å². The Morgan fingerprint density at radius 1 is 1.17 bits per heavy atom. The van der Waals surface area contributed by atoms with Crippen molar-refractivity contribution >= 4 is 45.5 Å². The van der Waals surface area contributed by atoms with Crippen LogP contribution in [0, 0.1) is 5.92 Å². The van der Waals surface area contributed by atoms with Crippen LogP contribution in [0.1, 0.15) is 48.7 Å². The van der Waals surface area contributed by atoms with Gasteiger partial charge >= 0.3 is 0 Å². The van der Waals surface area contributed by atoms with Gasteiger partial charge in [0.2, 0.25) is 0 Å². The lowest BCUT2D eigenvalue weighted by Crippen LogP contribution is -2.13. The smallest absolute Gasteiger partial charge is 0.187 e. The van der Waals surface area contributed by atoms with Crippen LogP contribution in [0.4, 0.5) is 0 Å². The second-order valence-corrected chi connectivity index (χ2v) is 7.29. The molecular formula is C20H23Cl2NO. The number of Topliss-reactive ketones (excluding diaryl/α,β-unsaturated/α-hetero) is 1. The standard InChI is InChI=1S/C20H23Cl2NO/c1-13(7-5-11-21)17-15(9-6-12-22)20(24)19-18(17)14-8-3-4-10-16(14)23(19)2/h3-4,8,10,15H,5-7,9,11-12H2,1-2H3/b17-13+. The van der Waals surface area contributed by atoms with Crippen molar-refractivity contribution in [2.75, 3.05) is 11.8 Å². The second-order valence-electron chi connectivity index (χ2n) is 6.53. The van der Waals surface area contributed by atoms with E-state index in [1.54, 1.807) is 0 Å². The highest BCUT2D eigenvalue weighted by Crippen LogP contribution is 2.46. The summed E-state index contributed by atoms with van der Waals surface area (Å²) in [7, 11) is 1.99. The van der Waals surface area contributed by atoms with Gasteiger partial charge in [0.1, 0.15) is 0 Å². The minimum atomic E-state index is -0.0557. The number of fused-ring (bicyclic) bond motifs is 3. The molecule has 1 aromatic carbocycles. The van der Waals surface area contributed by atoms with E-state index in [1.165, 1.54) is 16.5 Å². The summed E-state index contributed by atoms with van der Waals surface area (Å²) < 4.78 is 2.06. The molecule has 3 rings (SSSR count). The molecule has 1 heterocycles. The zero-order chi connectivity index (χ0) is 17.3. The monoisotopic (exact) mass is 363 g/mol. The third-order valence-electron chi connectivity index (χ3n) is 5.05. The number of para-hydroxylation sites is 1. The van der Waals surface area contributed by atoms with Crippen LogP contribution >= 0.6 is 23.2 Å². The lowest BCUT2D eigenvalue weighted by Gasteiger charge is -2.15. The molecule has 0 amide bonds. The van der Waals surface area contributed by atoms with Gasteiger partial charge in [0.25, 0.3) is 0 Å². The fourth-order valence-corrected chi connectivity index (χ4v) is 4.25. The van der Waals surface area contributed by atoms with E-state index in [9.17, 15) is 4.79 Å². The van der Waals surface area contributed by atoms with E-state index in [4.69, 9.17) is 23.2 Å². The first-order valence-corrected chi connectivity index (χ1v) is 9.62. The molecule has 0 spiro atoms. The normalized spacial score (nSPS) is 19.2. The average molecular weight is 364 g/mol. The number of carbonyl (C=O) groups is 1. The summed E-state index contributed by atoms with van der Waals surface area (Å²) >= 11 is 11.8. The van der Waals surface area contributed by atoms with Crippen LogP contribution < -0.4 is 0 Å². The van der Waals surface area contributed by atoms with Crippen LogP contribution in [-0.2, 0) is 7.05 Å². The van der Waals surface area contributed by atoms with Crippen LogP contribution in [-0.4, -0.2) is 22.1 Å². The molecule has 0 fully saturated rings. The maximum absolute atomic E-state index is 13.2. The van der Waals surface area contributed by atoms with Crippen molar-refractivity contribution in [3.8, 4) is 0 Å². The van der Waals surface area contributed by atoms with Crippen LogP contribution in [0.15, 0.2) is 29.8 Å². The number of halogens is 2.